The van der Waals surface area contributed by atoms with Crippen LogP contribution in [0.25, 0.3) is 0 Å². The van der Waals surface area contributed by atoms with Crippen molar-refractivity contribution >= 4 is 11.6 Å². The predicted molar refractivity (Wildman–Crippen MR) is 91.0 cm³/mol. The topological polar surface area (TPSA) is 41.1 Å². The number of hydrogen-bond donors (Lipinski definition) is 2. The third kappa shape index (κ3) is 6.19. The number of carbonyl (C=O) groups excluding carboxylic acids is 1. The first-order valence-corrected chi connectivity index (χ1v) is 8.23. The summed E-state index contributed by atoms with van der Waals surface area (Å²) in [4.78, 5) is 12.3. The lowest BCUT2D eigenvalue weighted by Crippen LogP contribution is -2.32. The molecule has 1 amide bonds. The fourth-order valence-electron chi connectivity index (χ4n) is 2.37. The number of aryl methyl sites for hydroxylation is 1. The molecular weight excluding hydrogens is 260 g/mol. The average molecular weight is 290 g/mol. The van der Waals surface area contributed by atoms with E-state index in [0.29, 0.717) is 0 Å². The van der Waals surface area contributed by atoms with Gasteiger partial charge in [-0.2, -0.15) is 0 Å². The van der Waals surface area contributed by atoms with E-state index < -0.39 is 0 Å². The zero-order valence-corrected chi connectivity index (χ0v) is 14.0. The van der Waals surface area contributed by atoms with E-state index in [9.17, 15) is 4.79 Å². The Balaban J connectivity index is 2.57. The number of rotatable bonds is 9. The smallest absolute Gasteiger partial charge is 0.251 e. The molecule has 0 saturated heterocycles. The van der Waals surface area contributed by atoms with Crippen LogP contribution in [0.4, 0.5) is 5.69 Å². The summed E-state index contributed by atoms with van der Waals surface area (Å²) in [6.07, 6.45) is 5.77. The number of carbonyl (C=O) groups is 1. The molecule has 0 fully saturated rings. The van der Waals surface area contributed by atoms with Crippen LogP contribution >= 0.6 is 0 Å². The van der Waals surface area contributed by atoms with Gasteiger partial charge in [0.1, 0.15) is 0 Å². The molecule has 0 bridgehead atoms. The maximum absolute atomic E-state index is 12.3. The van der Waals surface area contributed by atoms with Crippen LogP contribution in [0.15, 0.2) is 18.2 Å². The van der Waals surface area contributed by atoms with Gasteiger partial charge in [0, 0.05) is 23.8 Å². The number of nitrogens with one attached hydrogen (secondary N) is 2. The fourth-order valence-corrected chi connectivity index (χ4v) is 2.37. The molecule has 2 N–H and O–H groups in total. The Morgan fingerprint density at radius 3 is 2.57 bits per heavy atom. The van der Waals surface area contributed by atoms with E-state index in [1.54, 1.807) is 0 Å². The maximum atomic E-state index is 12.3. The minimum atomic E-state index is 0.0403. The van der Waals surface area contributed by atoms with Crippen LogP contribution in [0, 0.1) is 6.92 Å². The van der Waals surface area contributed by atoms with Crippen molar-refractivity contribution in [2.75, 3.05) is 11.9 Å². The molecule has 21 heavy (non-hydrogen) atoms. The van der Waals surface area contributed by atoms with Crippen molar-refractivity contribution in [2.24, 2.45) is 0 Å². The summed E-state index contributed by atoms with van der Waals surface area (Å²) >= 11 is 0. The predicted octanol–water partition coefficient (Wildman–Crippen LogP) is 4.52. The Morgan fingerprint density at radius 1 is 1.19 bits per heavy atom. The molecule has 1 aromatic carbocycles. The van der Waals surface area contributed by atoms with Gasteiger partial charge in [-0.1, -0.05) is 33.1 Å². The lowest BCUT2D eigenvalue weighted by Gasteiger charge is -2.15. The molecule has 0 spiro atoms. The monoisotopic (exact) mass is 290 g/mol. The summed E-state index contributed by atoms with van der Waals surface area (Å²) in [7, 11) is 0. The Labute approximate surface area is 129 Å². The van der Waals surface area contributed by atoms with E-state index in [1.165, 1.54) is 19.3 Å². The highest BCUT2D eigenvalue weighted by molar-refractivity contribution is 5.96. The van der Waals surface area contributed by atoms with Crippen molar-refractivity contribution in [2.45, 2.75) is 65.8 Å². The van der Waals surface area contributed by atoms with Gasteiger partial charge < -0.3 is 10.6 Å². The molecule has 0 aliphatic carbocycles. The summed E-state index contributed by atoms with van der Waals surface area (Å²) in [6.45, 7) is 9.37. The lowest BCUT2D eigenvalue weighted by molar-refractivity contribution is 0.0937. The van der Waals surface area contributed by atoms with Crippen molar-refractivity contribution in [3.8, 4) is 0 Å². The van der Waals surface area contributed by atoms with Crippen molar-refractivity contribution in [3.05, 3.63) is 29.3 Å². The summed E-state index contributed by atoms with van der Waals surface area (Å²) in [5.41, 5.74) is 2.88. The zero-order chi connectivity index (χ0) is 15.7. The third-order valence-electron chi connectivity index (χ3n) is 3.67. The normalized spacial score (nSPS) is 12.0. The van der Waals surface area contributed by atoms with Gasteiger partial charge in [-0.3, -0.25) is 4.79 Å². The molecule has 0 aliphatic rings. The molecule has 3 heteroatoms. The first kappa shape index (κ1) is 17.5. The van der Waals surface area contributed by atoms with Gasteiger partial charge in [0.05, 0.1) is 0 Å². The molecule has 1 aromatic rings. The highest BCUT2D eigenvalue weighted by Crippen LogP contribution is 2.16. The number of anilines is 1. The van der Waals surface area contributed by atoms with Crippen LogP contribution in [0.1, 0.15) is 68.8 Å². The Bertz CT molecular complexity index is 443. The van der Waals surface area contributed by atoms with Crippen LogP contribution in [-0.2, 0) is 0 Å². The number of hydrogen-bond acceptors (Lipinski definition) is 2. The van der Waals surface area contributed by atoms with E-state index >= 15 is 0 Å². The van der Waals surface area contributed by atoms with Crippen molar-refractivity contribution in [1.29, 1.82) is 0 Å². The van der Waals surface area contributed by atoms with Crippen LogP contribution in [-0.4, -0.2) is 18.5 Å². The highest BCUT2D eigenvalue weighted by atomic mass is 16.1. The minimum Gasteiger partial charge on any atom is -0.385 e. The lowest BCUT2D eigenvalue weighted by atomic mass is 10.1. The Hall–Kier alpha value is -1.51. The van der Waals surface area contributed by atoms with Gasteiger partial charge in [-0.15, -0.1) is 0 Å². The van der Waals surface area contributed by atoms with Crippen LogP contribution < -0.4 is 10.6 Å². The molecule has 1 atom stereocenters. The second-order valence-electron chi connectivity index (χ2n) is 5.83. The maximum Gasteiger partial charge on any atom is 0.251 e. The largest absolute Gasteiger partial charge is 0.385 e. The van der Waals surface area contributed by atoms with Gasteiger partial charge in [0.2, 0.25) is 0 Å². The van der Waals surface area contributed by atoms with Gasteiger partial charge in [-0.05, 0) is 50.5 Å². The molecule has 0 aromatic heterocycles. The Morgan fingerprint density at radius 2 is 1.95 bits per heavy atom. The molecule has 0 saturated carbocycles. The standard InChI is InChI=1S/C18H30N2O/c1-5-7-8-9-15(4)20-18(21)17-11-10-16(13-14(17)3)19-12-6-2/h10-11,13,15,19H,5-9,12H2,1-4H3,(H,20,21). The van der Waals surface area contributed by atoms with Crippen molar-refractivity contribution in [1.82, 2.24) is 5.32 Å². The van der Waals surface area contributed by atoms with Gasteiger partial charge in [0.15, 0.2) is 0 Å². The van der Waals surface area contributed by atoms with E-state index in [-0.39, 0.29) is 11.9 Å². The first-order valence-electron chi connectivity index (χ1n) is 8.23. The zero-order valence-electron chi connectivity index (χ0n) is 14.0. The third-order valence-corrected chi connectivity index (χ3v) is 3.67. The van der Waals surface area contributed by atoms with Crippen LogP contribution in [0.2, 0.25) is 0 Å². The first-order chi connectivity index (χ1) is 10.1. The summed E-state index contributed by atoms with van der Waals surface area (Å²) in [5, 5.41) is 6.44. The summed E-state index contributed by atoms with van der Waals surface area (Å²) < 4.78 is 0. The molecular formula is C18H30N2O. The van der Waals surface area contributed by atoms with E-state index in [4.69, 9.17) is 0 Å². The highest BCUT2D eigenvalue weighted by Gasteiger charge is 2.12. The number of unbranched alkanes of at least 4 members (excludes halogenated alkanes) is 2. The van der Waals surface area contributed by atoms with Crippen LogP contribution in [0.3, 0.4) is 0 Å². The molecule has 0 heterocycles. The summed E-state index contributed by atoms with van der Waals surface area (Å²) in [6, 6.07) is 6.19. The van der Waals surface area contributed by atoms with Crippen molar-refractivity contribution < 1.29 is 4.79 Å². The second kappa shape index (κ2) is 9.43. The molecule has 0 aliphatic heterocycles. The fraction of sp³-hybridized carbons (Fsp3) is 0.611. The second-order valence-corrected chi connectivity index (χ2v) is 5.83. The summed E-state index contributed by atoms with van der Waals surface area (Å²) in [5.74, 6) is 0.0403. The Kier molecular flexibility index (Phi) is 7.88. The molecule has 1 unspecified atom stereocenters. The van der Waals surface area contributed by atoms with E-state index in [0.717, 1.165) is 36.2 Å². The average Bonchev–Trinajstić information content (AvgIpc) is 2.45. The molecule has 0 radical (unpaired) electrons. The van der Waals surface area contributed by atoms with Gasteiger partial charge in [-0.25, -0.2) is 0 Å². The van der Waals surface area contributed by atoms with Crippen molar-refractivity contribution in [3.63, 3.8) is 0 Å². The van der Waals surface area contributed by atoms with Gasteiger partial charge in [0.25, 0.3) is 5.91 Å². The molecule has 118 valence electrons. The SMILES string of the molecule is CCCCCC(C)NC(=O)c1ccc(NCCC)cc1C. The number of benzene rings is 1. The molecule has 3 nitrogen and oxygen atoms in total. The van der Waals surface area contributed by atoms with E-state index in [1.807, 2.05) is 25.1 Å². The number of amides is 1. The quantitative estimate of drug-likeness (QED) is 0.657. The van der Waals surface area contributed by atoms with Gasteiger partial charge >= 0.3 is 0 Å². The minimum absolute atomic E-state index is 0.0403. The van der Waals surface area contributed by atoms with E-state index in [2.05, 4.69) is 31.4 Å². The van der Waals surface area contributed by atoms with Crippen LogP contribution in [0.5, 0.6) is 0 Å². The molecule has 1 rings (SSSR count).